The zero-order chi connectivity index (χ0) is 14.2. The van der Waals surface area contributed by atoms with E-state index in [1.54, 1.807) is 0 Å². The minimum atomic E-state index is 0.343. The molecule has 0 N–H and O–H groups in total. The molecular formula is C16H20N4O. The molecule has 0 bridgehead atoms. The number of pyridine rings is 1. The van der Waals surface area contributed by atoms with Crippen molar-refractivity contribution in [1.29, 1.82) is 0 Å². The van der Waals surface area contributed by atoms with Crippen LogP contribution in [0.1, 0.15) is 18.5 Å². The quantitative estimate of drug-likeness (QED) is 0.855. The van der Waals surface area contributed by atoms with Gasteiger partial charge in [-0.25, -0.2) is 4.52 Å². The minimum absolute atomic E-state index is 0.343. The van der Waals surface area contributed by atoms with E-state index < -0.39 is 0 Å². The molecule has 2 fully saturated rings. The SMILES string of the molecule is O=C(C1CC1)N1CCN(Cc2cc3ccccn3n2)CC1. The normalized spacial score (nSPS) is 20.1. The Labute approximate surface area is 124 Å². The van der Waals surface area contributed by atoms with Crippen LogP contribution in [0.3, 0.4) is 0 Å². The summed E-state index contributed by atoms with van der Waals surface area (Å²) >= 11 is 0. The van der Waals surface area contributed by atoms with Crippen LogP contribution in [-0.2, 0) is 11.3 Å². The number of amides is 1. The van der Waals surface area contributed by atoms with E-state index in [0.29, 0.717) is 11.8 Å². The second-order valence-electron chi connectivity index (χ2n) is 6.08. The molecule has 1 aliphatic carbocycles. The Hall–Kier alpha value is -1.88. The van der Waals surface area contributed by atoms with Crippen molar-refractivity contribution in [2.75, 3.05) is 26.2 Å². The van der Waals surface area contributed by atoms with Crippen molar-refractivity contribution in [3.63, 3.8) is 0 Å². The number of rotatable bonds is 3. The Morgan fingerprint density at radius 3 is 2.71 bits per heavy atom. The lowest BCUT2D eigenvalue weighted by Gasteiger charge is -2.34. The fraction of sp³-hybridized carbons (Fsp3) is 0.500. The molecule has 4 rings (SSSR count). The Kier molecular flexibility index (Phi) is 3.15. The zero-order valence-electron chi connectivity index (χ0n) is 12.1. The number of carbonyl (C=O) groups excluding carboxylic acids is 1. The van der Waals surface area contributed by atoms with Crippen LogP contribution in [0.15, 0.2) is 30.5 Å². The van der Waals surface area contributed by atoms with Crippen LogP contribution in [0.25, 0.3) is 5.52 Å². The summed E-state index contributed by atoms with van der Waals surface area (Å²) in [4.78, 5) is 16.5. The smallest absolute Gasteiger partial charge is 0.225 e. The van der Waals surface area contributed by atoms with Gasteiger partial charge in [-0.3, -0.25) is 9.69 Å². The number of piperazine rings is 1. The largest absolute Gasteiger partial charge is 0.340 e. The van der Waals surface area contributed by atoms with Gasteiger partial charge in [0.15, 0.2) is 0 Å². The fourth-order valence-electron chi connectivity index (χ4n) is 3.01. The third-order valence-electron chi connectivity index (χ3n) is 4.42. The van der Waals surface area contributed by atoms with Crippen molar-refractivity contribution in [2.45, 2.75) is 19.4 Å². The van der Waals surface area contributed by atoms with E-state index in [1.807, 2.05) is 27.7 Å². The summed E-state index contributed by atoms with van der Waals surface area (Å²) in [5, 5.41) is 4.59. The van der Waals surface area contributed by atoms with E-state index in [2.05, 4.69) is 22.1 Å². The molecule has 0 aromatic carbocycles. The highest BCUT2D eigenvalue weighted by Crippen LogP contribution is 2.31. The van der Waals surface area contributed by atoms with Gasteiger partial charge >= 0.3 is 0 Å². The monoisotopic (exact) mass is 284 g/mol. The van der Waals surface area contributed by atoms with E-state index in [-0.39, 0.29) is 0 Å². The predicted molar refractivity (Wildman–Crippen MR) is 79.8 cm³/mol. The van der Waals surface area contributed by atoms with Crippen molar-refractivity contribution in [2.24, 2.45) is 5.92 Å². The molecule has 0 spiro atoms. The average molecular weight is 284 g/mol. The van der Waals surface area contributed by atoms with Gasteiger partial charge in [0, 0.05) is 44.8 Å². The number of carbonyl (C=O) groups is 1. The van der Waals surface area contributed by atoms with Crippen LogP contribution in [0, 0.1) is 5.92 Å². The summed E-state index contributed by atoms with van der Waals surface area (Å²) in [6, 6.07) is 8.24. The first-order valence-corrected chi connectivity index (χ1v) is 7.74. The van der Waals surface area contributed by atoms with Crippen molar-refractivity contribution >= 4 is 11.4 Å². The Bertz CT molecular complexity index is 620. The third kappa shape index (κ3) is 2.65. The molecule has 21 heavy (non-hydrogen) atoms. The lowest BCUT2D eigenvalue weighted by atomic mass is 10.2. The van der Waals surface area contributed by atoms with Crippen molar-refractivity contribution in [3.8, 4) is 0 Å². The van der Waals surface area contributed by atoms with Gasteiger partial charge in [-0.15, -0.1) is 0 Å². The van der Waals surface area contributed by atoms with Crippen molar-refractivity contribution in [1.82, 2.24) is 19.4 Å². The highest BCUT2D eigenvalue weighted by molar-refractivity contribution is 5.81. The molecule has 1 saturated carbocycles. The van der Waals surface area contributed by atoms with Crippen LogP contribution in [0.4, 0.5) is 0 Å². The molecule has 110 valence electrons. The fourth-order valence-corrected chi connectivity index (χ4v) is 3.01. The van der Waals surface area contributed by atoms with Gasteiger partial charge in [0.2, 0.25) is 5.91 Å². The summed E-state index contributed by atoms with van der Waals surface area (Å²) in [5.74, 6) is 0.720. The van der Waals surface area contributed by atoms with Crippen molar-refractivity contribution in [3.05, 3.63) is 36.2 Å². The van der Waals surface area contributed by atoms with Gasteiger partial charge in [0.05, 0.1) is 11.2 Å². The van der Waals surface area contributed by atoms with Gasteiger partial charge < -0.3 is 4.90 Å². The molecule has 2 aliphatic rings. The first-order valence-electron chi connectivity index (χ1n) is 7.74. The Morgan fingerprint density at radius 2 is 2.00 bits per heavy atom. The van der Waals surface area contributed by atoms with Crippen molar-refractivity contribution < 1.29 is 4.79 Å². The van der Waals surface area contributed by atoms with E-state index >= 15 is 0 Å². The summed E-state index contributed by atoms with van der Waals surface area (Å²) in [5.41, 5.74) is 2.23. The van der Waals surface area contributed by atoms with Gasteiger partial charge in [0.25, 0.3) is 0 Å². The van der Waals surface area contributed by atoms with E-state index in [0.717, 1.165) is 56.8 Å². The summed E-state index contributed by atoms with van der Waals surface area (Å²) < 4.78 is 1.92. The first kappa shape index (κ1) is 12.8. The maximum atomic E-state index is 12.0. The molecule has 1 aliphatic heterocycles. The molecule has 2 aromatic heterocycles. The lowest BCUT2D eigenvalue weighted by Crippen LogP contribution is -2.48. The molecular weight excluding hydrogens is 264 g/mol. The topological polar surface area (TPSA) is 40.9 Å². The second-order valence-corrected chi connectivity index (χ2v) is 6.08. The van der Waals surface area contributed by atoms with E-state index in [1.165, 1.54) is 0 Å². The predicted octanol–water partition coefficient (Wildman–Crippen LogP) is 1.39. The minimum Gasteiger partial charge on any atom is -0.340 e. The maximum absolute atomic E-state index is 12.0. The van der Waals surface area contributed by atoms with Crippen LogP contribution in [0.2, 0.25) is 0 Å². The van der Waals surface area contributed by atoms with Crippen LogP contribution in [0.5, 0.6) is 0 Å². The second kappa shape index (κ2) is 5.15. The molecule has 2 aromatic rings. The molecule has 1 amide bonds. The van der Waals surface area contributed by atoms with Gasteiger partial charge in [0.1, 0.15) is 0 Å². The molecule has 5 nitrogen and oxygen atoms in total. The molecule has 5 heteroatoms. The first-order chi connectivity index (χ1) is 10.3. The molecule has 1 saturated heterocycles. The highest BCUT2D eigenvalue weighted by Gasteiger charge is 2.34. The van der Waals surface area contributed by atoms with E-state index in [4.69, 9.17) is 0 Å². The highest BCUT2D eigenvalue weighted by atomic mass is 16.2. The Morgan fingerprint density at radius 1 is 1.19 bits per heavy atom. The maximum Gasteiger partial charge on any atom is 0.225 e. The average Bonchev–Trinajstić information content (AvgIpc) is 3.27. The summed E-state index contributed by atoms with van der Waals surface area (Å²) in [7, 11) is 0. The third-order valence-corrected chi connectivity index (χ3v) is 4.42. The standard InChI is InChI=1S/C16H20N4O/c21-16(13-4-5-13)19-9-7-18(8-10-19)12-14-11-15-3-1-2-6-20(15)17-14/h1-3,6,11,13H,4-5,7-10,12H2. The van der Waals surface area contributed by atoms with Crippen LogP contribution < -0.4 is 0 Å². The summed E-state index contributed by atoms with van der Waals surface area (Å²) in [6.45, 7) is 4.50. The van der Waals surface area contributed by atoms with Gasteiger partial charge in [-0.05, 0) is 31.0 Å². The van der Waals surface area contributed by atoms with Crippen LogP contribution >= 0.6 is 0 Å². The number of hydrogen-bond acceptors (Lipinski definition) is 3. The zero-order valence-corrected chi connectivity index (χ0v) is 12.1. The Balaban J connectivity index is 1.36. The van der Waals surface area contributed by atoms with Gasteiger partial charge in [-0.2, -0.15) is 5.10 Å². The number of aromatic nitrogens is 2. The number of hydrogen-bond donors (Lipinski definition) is 0. The number of fused-ring (bicyclic) bond motifs is 1. The van der Waals surface area contributed by atoms with E-state index in [9.17, 15) is 4.79 Å². The van der Waals surface area contributed by atoms with Gasteiger partial charge in [-0.1, -0.05) is 6.07 Å². The van der Waals surface area contributed by atoms with Crippen LogP contribution in [-0.4, -0.2) is 51.5 Å². The number of nitrogens with zero attached hydrogens (tertiary/aromatic N) is 4. The molecule has 0 radical (unpaired) electrons. The molecule has 0 atom stereocenters. The summed E-state index contributed by atoms with van der Waals surface area (Å²) in [6.07, 6.45) is 4.17. The lowest BCUT2D eigenvalue weighted by molar-refractivity contribution is -0.134. The molecule has 0 unspecified atom stereocenters. The molecule has 3 heterocycles.